The Morgan fingerprint density at radius 1 is 0.700 bits per heavy atom. The number of aromatic nitrogens is 2. The standard InChI is InChI=1S/C34H28N4OS/c39-33(36-30-22-12-18-25-13-10-11-21-29(25)30)35-23-24-40-34-37-31(26-14-4-1-5-15-26)32(27-16-6-2-7-17-27)38(34)28-19-8-3-9-20-28/h1-22H,23-24H2,(H2,35,36,39). The molecule has 40 heavy (non-hydrogen) atoms. The molecule has 2 amide bonds. The van der Waals surface area contributed by atoms with Gasteiger partial charge in [-0.25, -0.2) is 9.78 Å². The maximum absolute atomic E-state index is 12.7. The van der Waals surface area contributed by atoms with E-state index in [2.05, 4.69) is 63.7 Å². The van der Waals surface area contributed by atoms with Crippen LogP contribution in [0.3, 0.4) is 0 Å². The lowest BCUT2D eigenvalue weighted by molar-refractivity contribution is 0.252. The van der Waals surface area contributed by atoms with Crippen LogP contribution in [0.25, 0.3) is 39.0 Å². The van der Waals surface area contributed by atoms with E-state index in [4.69, 9.17) is 4.98 Å². The number of rotatable bonds is 8. The predicted octanol–water partition coefficient (Wildman–Crippen LogP) is 8.27. The summed E-state index contributed by atoms with van der Waals surface area (Å²) in [6.45, 7) is 0.490. The fourth-order valence-corrected chi connectivity index (χ4v) is 5.65. The van der Waals surface area contributed by atoms with Gasteiger partial charge in [0.05, 0.1) is 17.1 Å². The summed E-state index contributed by atoms with van der Waals surface area (Å²) in [5.74, 6) is 0.662. The highest BCUT2D eigenvalue weighted by atomic mass is 32.2. The highest BCUT2D eigenvalue weighted by Crippen LogP contribution is 2.38. The Kier molecular flexibility index (Phi) is 7.59. The first-order chi connectivity index (χ1) is 19.8. The number of urea groups is 1. The molecule has 6 heteroatoms. The van der Waals surface area contributed by atoms with Crippen molar-refractivity contribution in [3.8, 4) is 28.2 Å². The van der Waals surface area contributed by atoms with E-state index in [1.807, 2.05) is 84.9 Å². The molecule has 0 radical (unpaired) electrons. The summed E-state index contributed by atoms with van der Waals surface area (Å²) in [5, 5.41) is 8.98. The van der Waals surface area contributed by atoms with E-state index < -0.39 is 0 Å². The van der Waals surface area contributed by atoms with Gasteiger partial charge in [-0.1, -0.05) is 127 Å². The van der Waals surface area contributed by atoms with Crippen molar-refractivity contribution in [3.05, 3.63) is 133 Å². The number of hydrogen-bond acceptors (Lipinski definition) is 3. The summed E-state index contributed by atoms with van der Waals surface area (Å²) in [5.41, 5.74) is 5.97. The smallest absolute Gasteiger partial charge is 0.319 e. The number of thioether (sulfide) groups is 1. The monoisotopic (exact) mass is 540 g/mol. The number of nitrogens with zero attached hydrogens (tertiary/aromatic N) is 2. The van der Waals surface area contributed by atoms with Crippen LogP contribution in [0.2, 0.25) is 0 Å². The second-order valence-electron chi connectivity index (χ2n) is 9.25. The van der Waals surface area contributed by atoms with Gasteiger partial charge in [0.1, 0.15) is 0 Å². The molecule has 1 aromatic heterocycles. The summed E-state index contributed by atoms with van der Waals surface area (Å²) in [6.07, 6.45) is 0. The minimum absolute atomic E-state index is 0.224. The summed E-state index contributed by atoms with van der Waals surface area (Å²) in [7, 11) is 0. The fourth-order valence-electron chi connectivity index (χ4n) is 4.78. The Bertz CT molecular complexity index is 1730. The zero-order valence-electron chi connectivity index (χ0n) is 21.8. The molecule has 1 heterocycles. The van der Waals surface area contributed by atoms with Crippen molar-refractivity contribution in [1.82, 2.24) is 14.9 Å². The van der Waals surface area contributed by atoms with Gasteiger partial charge in [0.2, 0.25) is 0 Å². The number of amides is 2. The maximum Gasteiger partial charge on any atom is 0.319 e. The van der Waals surface area contributed by atoms with Crippen LogP contribution in [-0.2, 0) is 0 Å². The molecule has 0 unspecified atom stereocenters. The van der Waals surface area contributed by atoms with Crippen molar-refractivity contribution in [2.75, 3.05) is 17.6 Å². The number of nitrogens with one attached hydrogen (secondary N) is 2. The molecule has 0 bridgehead atoms. The van der Waals surface area contributed by atoms with Gasteiger partial charge in [-0.2, -0.15) is 0 Å². The van der Waals surface area contributed by atoms with E-state index in [9.17, 15) is 4.79 Å². The molecule has 6 rings (SSSR count). The lowest BCUT2D eigenvalue weighted by Crippen LogP contribution is -2.30. The van der Waals surface area contributed by atoms with E-state index in [0.29, 0.717) is 12.3 Å². The van der Waals surface area contributed by atoms with Crippen LogP contribution in [0.5, 0.6) is 0 Å². The van der Waals surface area contributed by atoms with E-state index in [0.717, 1.165) is 49.8 Å². The molecule has 0 aliphatic rings. The molecule has 6 aromatic rings. The van der Waals surface area contributed by atoms with Crippen LogP contribution in [0.1, 0.15) is 0 Å². The lowest BCUT2D eigenvalue weighted by atomic mass is 10.0. The SMILES string of the molecule is O=C(NCCSc1nc(-c2ccccc2)c(-c2ccccc2)n1-c1ccccc1)Nc1cccc2ccccc12. The first kappa shape index (κ1) is 25.5. The van der Waals surface area contributed by atoms with Crippen LogP contribution in [0.15, 0.2) is 139 Å². The molecule has 0 fully saturated rings. The second-order valence-corrected chi connectivity index (χ2v) is 10.3. The molecule has 0 aliphatic carbocycles. The maximum atomic E-state index is 12.7. The molecule has 0 saturated carbocycles. The normalized spacial score (nSPS) is 10.9. The zero-order valence-corrected chi connectivity index (χ0v) is 22.6. The van der Waals surface area contributed by atoms with E-state index in [1.165, 1.54) is 0 Å². The topological polar surface area (TPSA) is 59.0 Å². The Hall–Kier alpha value is -4.81. The van der Waals surface area contributed by atoms with Crippen molar-refractivity contribution in [3.63, 3.8) is 0 Å². The number of para-hydroxylation sites is 1. The molecule has 0 spiro atoms. The van der Waals surface area contributed by atoms with E-state index in [-0.39, 0.29) is 6.03 Å². The number of fused-ring (bicyclic) bond motifs is 1. The quantitative estimate of drug-likeness (QED) is 0.151. The second kappa shape index (κ2) is 11.9. The molecule has 0 saturated heterocycles. The third-order valence-electron chi connectivity index (χ3n) is 6.61. The number of anilines is 1. The first-order valence-corrected chi connectivity index (χ1v) is 14.2. The average molecular weight is 541 g/mol. The van der Waals surface area contributed by atoms with Gasteiger partial charge in [-0.05, 0) is 23.6 Å². The average Bonchev–Trinajstić information content (AvgIpc) is 3.40. The Morgan fingerprint density at radius 2 is 1.32 bits per heavy atom. The number of carbonyl (C=O) groups excluding carboxylic acids is 1. The van der Waals surface area contributed by atoms with Gasteiger partial charge in [0.25, 0.3) is 0 Å². The molecule has 0 aliphatic heterocycles. The molecular weight excluding hydrogens is 512 g/mol. The lowest BCUT2D eigenvalue weighted by Gasteiger charge is -2.13. The molecular formula is C34H28N4OS. The Labute approximate surface area is 237 Å². The molecule has 2 N–H and O–H groups in total. The van der Waals surface area contributed by atoms with Crippen LogP contribution in [-0.4, -0.2) is 27.9 Å². The predicted molar refractivity (Wildman–Crippen MR) is 166 cm³/mol. The third-order valence-corrected chi connectivity index (χ3v) is 7.55. The summed E-state index contributed by atoms with van der Waals surface area (Å²) in [4.78, 5) is 17.9. The number of imidazole rings is 1. The Morgan fingerprint density at radius 3 is 2.08 bits per heavy atom. The van der Waals surface area contributed by atoms with Crippen LogP contribution in [0.4, 0.5) is 10.5 Å². The van der Waals surface area contributed by atoms with Crippen molar-refractivity contribution >= 4 is 34.3 Å². The minimum atomic E-state index is -0.224. The highest BCUT2D eigenvalue weighted by molar-refractivity contribution is 7.99. The van der Waals surface area contributed by atoms with E-state index in [1.54, 1.807) is 11.8 Å². The summed E-state index contributed by atoms with van der Waals surface area (Å²) in [6, 6.07) is 44.7. The highest BCUT2D eigenvalue weighted by Gasteiger charge is 2.21. The number of hydrogen-bond donors (Lipinski definition) is 2. The number of carbonyl (C=O) groups is 1. The molecule has 5 aromatic carbocycles. The van der Waals surface area contributed by atoms with Crippen LogP contribution < -0.4 is 10.6 Å². The van der Waals surface area contributed by atoms with Gasteiger partial charge in [-0.3, -0.25) is 4.57 Å². The van der Waals surface area contributed by atoms with Crippen LogP contribution in [0, 0.1) is 0 Å². The van der Waals surface area contributed by atoms with Crippen molar-refractivity contribution in [1.29, 1.82) is 0 Å². The van der Waals surface area contributed by atoms with Gasteiger partial charge in [0.15, 0.2) is 5.16 Å². The Balaban J connectivity index is 1.25. The third kappa shape index (κ3) is 5.48. The largest absolute Gasteiger partial charge is 0.337 e. The number of benzene rings is 5. The fraction of sp³-hybridized carbons (Fsp3) is 0.0588. The molecule has 0 atom stereocenters. The van der Waals surface area contributed by atoms with Gasteiger partial charge in [-0.15, -0.1) is 0 Å². The van der Waals surface area contributed by atoms with Gasteiger partial charge >= 0.3 is 6.03 Å². The molecule has 196 valence electrons. The van der Waals surface area contributed by atoms with Crippen LogP contribution >= 0.6 is 11.8 Å². The van der Waals surface area contributed by atoms with Crippen molar-refractivity contribution in [2.24, 2.45) is 0 Å². The molecule has 5 nitrogen and oxygen atoms in total. The van der Waals surface area contributed by atoms with E-state index >= 15 is 0 Å². The summed E-state index contributed by atoms with van der Waals surface area (Å²) < 4.78 is 2.22. The summed E-state index contributed by atoms with van der Waals surface area (Å²) >= 11 is 1.63. The zero-order chi connectivity index (χ0) is 27.1. The van der Waals surface area contributed by atoms with Crippen molar-refractivity contribution < 1.29 is 4.79 Å². The van der Waals surface area contributed by atoms with Crippen molar-refractivity contribution in [2.45, 2.75) is 5.16 Å². The first-order valence-electron chi connectivity index (χ1n) is 13.2. The van der Waals surface area contributed by atoms with Gasteiger partial charge in [0, 0.05) is 34.5 Å². The van der Waals surface area contributed by atoms with Gasteiger partial charge < -0.3 is 10.6 Å². The minimum Gasteiger partial charge on any atom is -0.337 e.